The first-order chi connectivity index (χ1) is 18.7. The summed E-state index contributed by atoms with van der Waals surface area (Å²) in [6, 6.07) is 3.64. The van der Waals surface area contributed by atoms with Gasteiger partial charge in [0.05, 0.1) is 17.9 Å². The number of nitrogens with zero attached hydrogens (tertiary/aromatic N) is 2. The van der Waals surface area contributed by atoms with Gasteiger partial charge in [-0.1, -0.05) is 44.9 Å². The summed E-state index contributed by atoms with van der Waals surface area (Å²) in [6.07, 6.45) is 13.8. The highest BCUT2D eigenvalue weighted by Crippen LogP contribution is 2.61. The predicted octanol–water partition coefficient (Wildman–Crippen LogP) is 4.93. The highest BCUT2D eigenvalue weighted by molar-refractivity contribution is 5.79. The van der Waals surface area contributed by atoms with Crippen molar-refractivity contribution < 1.29 is 22.7 Å². The van der Waals surface area contributed by atoms with Gasteiger partial charge in [-0.3, -0.25) is 20.1 Å². The second-order valence-electron chi connectivity index (χ2n) is 12.5. The van der Waals surface area contributed by atoms with Crippen LogP contribution in [0.1, 0.15) is 94.6 Å². The SMILES string of the molecule is Cc1cc2n(n1)CC1(CCCCCCCCC1)NC2NC12CC(NC(=O)COc3cc(F)c(F)c(F)c3)(C1)C2. The van der Waals surface area contributed by atoms with Crippen molar-refractivity contribution in [2.45, 2.75) is 113 Å². The summed E-state index contributed by atoms with van der Waals surface area (Å²) in [6.45, 7) is 2.56. The summed E-state index contributed by atoms with van der Waals surface area (Å²) in [5.41, 5.74) is 1.90. The lowest BCUT2D eigenvalue weighted by molar-refractivity contribution is -0.146. The number of benzene rings is 1. The summed E-state index contributed by atoms with van der Waals surface area (Å²) in [5, 5.41) is 15.8. The summed E-state index contributed by atoms with van der Waals surface area (Å²) in [7, 11) is 0. The average molecular weight is 546 g/mol. The van der Waals surface area contributed by atoms with Crippen molar-refractivity contribution in [2.75, 3.05) is 6.61 Å². The molecule has 0 radical (unpaired) electrons. The Morgan fingerprint density at radius 1 is 1.00 bits per heavy atom. The molecule has 212 valence electrons. The molecule has 10 heteroatoms. The van der Waals surface area contributed by atoms with Crippen molar-refractivity contribution in [1.82, 2.24) is 25.7 Å². The summed E-state index contributed by atoms with van der Waals surface area (Å²) in [5.74, 6) is -4.84. The Morgan fingerprint density at radius 2 is 1.62 bits per heavy atom. The number of ether oxygens (including phenoxy) is 1. The first-order valence-electron chi connectivity index (χ1n) is 14.4. The molecule has 4 fully saturated rings. The molecule has 7 nitrogen and oxygen atoms in total. The van der Waals surface area contributed by atoms with Crippen molar-refractivity contribution in [3.8, 4) is 5.75 Å². The molecule has 4 saturated carbocycles. The topological polar surface area (TPSA) is 80.2 Å². The minimum atomic E-state index is -1.56. The van der Waals surface area contributed by atoms with Crippen LogP contribution in [0, 0.1) is 24.4 Å². The predicted molar refractivity (Wildman–Crippen MR) is 140 cm³/mol. The maximum absolute atomic E-state index is 13.4. The molecular weight excluding hydrogens is 507 g/mol. The Morgan fingerprint density at radius 3 is 2.26 bits per heavy atom. The lowest BCUT2D eigenvalue weighted by atomic mass is 9.44. The normalized spacial score (nSPS) is 29.6. The molecular formula is C29H38F3N5O2. The van der Waals surface area contributed by atoms with E-state index in [1.807, 2.05) is 6.92 Å². The molecule has 2 bridgehead atoms. The number of fused-ring (bicyclic) bond motifs is 1. The van der Waals surface area contributed by atoms with Gasteiger partial charge in [0.2, 0.25) is 0 Å². The second-order valence-corrected chi connectivity index (χ2v) is 12.5. The van der Waals surface area contributed by atoms with E-state index < -0.39 is 24.1 Å². The molecule has 2 heterocycles. The Bertz CT molecular complexity index is 1190. The summed E-state index contributed by atoms with van der Waals surface area (Å²) in [4.78, 5) is 12.5. The van der Waals surface area contributed by atoms with Gasteiger partial charge < -0.3 is 10.1 Å². The second kappa shape index (κ2) is 10.1. The van der Waals surface area contributed by atoms with Crippen LogP contribution in [0.3, 0.4) is 0 Å². The van der Waals surface area contributed by atoms with Crippen molar-refractivity contribution in [2.24, 2.45) is 0 Å². The average Bonchev–Trinajstić information content (AvgIpc) is 3.23. The lowest BCUT2D eigenvalue weighted by Crippen LogP contribution is -2.84. The number of hydrogen-bond donors (Lipinski definition) is 3. The van der Waals surface area contributed by atoms with E-state index in [0.29, 0.717) is 0 Å². The number of carbonyl (C=O) groups is 1. The first-order valence-corrected chi connectivity index (χ1v) is 14.4. The van der Waals surface area contributed by atoms with Crippen LogP contribution in [0.15, 0.2) is 18.2 Å². The maximum atomic E-state index is 13.4. The van der Waals surface area contributed by atoms with Crippen LogP contribution in [0.5, 0.6) is 5.75 Å². The van der Waals surface area contributed by atoms with E-state index in [-0.39, 0.29) is 34.4 Å². The van der Waals surface area contributed by atoms with Crippen molar-refractivity contribution in [1.29, 1.82) is 0 Å². The molecule has 1 aliphatic heterocycles. The van der Waals surface area contributed by atoms with E-state index >= 15 is 0 Å². The van der Waals surface area contributed by atoms with E-state index in [2.05, 4.69) is 26.7 Å². The molecule has 1 atom stereocenters. The van der Waals surface area contributed by atoms with Crippen LogP contribution in [-0.2, 0) is 11.3 Å². The maximum Gasteiger partial charge on any atom is 0.258 e. The number of rotatable bonds is 6. The smallest absolute Gasteiger partial charge is 0.258 e. The number of nitrogens with one attached hydrogen (secondary N) is 3. The molecule has 5 aliphatic rings. The van der Waals surface area contributed by atoms with Gasteiger partial charge in [-0.25, -0.2) is 13.2 Å². The molecule has 1 aromatic heterocycles. The summed E-state index contributed by atoms with van der Waals surface area (Å²) >= 11 is 0. The van der Waals surface area contributed by atoms with Crippen molar-refractivity contribution >= 4 is 5.91 Å². The fourth-order valence-corrected chi connectivity index (χ4v) is 7.46. The molecule has 1 unspecified atom stereocenters. The number of amides is 1. The van der Waals surface area contributed by atoms with E-state index in [1.165, 1.54) is 50.6 Å². The fourth-order valence-electron chi connectivity index (χ4n) is 7.46. The van der Waals surface area contributed by atoms with Gasteiger partial charge in [-0.15, -0.1) is 0 Å². The quantitative estimate of drug-likeness (QED) is 0.449. The van der Waals surface area contributed by atoms with Crippen LogP contribution in [-0.4, -0.2) is 38.9 Å². The molecule has 2 aromatic rings. The lowest BCUT2D eigenvalue weighted by Gasteiger charge is -2.71. The largest absolute Gasteiger partial charge is 0.484 e. The van der Waals surface area contributed by atoms with Crippen LogP contribution in [0.2, 0.25) is 0 Å². The molecule has 0 saturated heterocycles. The van der Waals surface area contributed by atoms with Crippen LogP contribution >= 0.6 is 0 Å². The monoisotopic (exact) mass is 545 g/mol. The van der Waals surface area contributed by atoms with Crippen molar-refractivity contribution in [3.05, 3.63) is 47.0 Å². The highest BCUT2D eigenvalue weighted by atomic mass is 19.2. The van der Waals surface area contributed by atoms with Crippen LogP contribution in [0.4, 0.5) is 13.2 Å². The van der Waals surface area contributed by atoms with E-state index in [0.717, 1.165) is 56.5 Å². The molecule has 1 aromatic carbocycles. The summed E-state index contributed by atoms with van der Waals surface area (Å²) < 4.78 is 47.4. The van der Waals surface area contributed by atoms with Gasteiger partial charge in [0.1, 0.15) is 11.9 Å². The number of aryl methyl sites for hydroxylation is 1. The Kier molecular flexibility index (Phi) is 6.90. The highest BCUT2D eigenvalue weighted by Gasteiger charge is 2.69. The van der Waals surface area contributed by atoms with E-state index in [1.54, 1.807) is 0 Å². The molecule has 4 aliphatic carbocycles. The Labute approximate surface area is 227 Å². The van der Waals surface area contributed by atoms with Gasteiger partial charge in [-0.2, -0.15) is 5.10 Å². The standard InChI is InChI=1S/C29H38F3N5O2/c1-19-11-23-26(34-27(18-37(23)36-19)9-7-5-3-2-4-6-8-10-27)35-29-15-28(16-29,17-29)33-24(38)14-39-20-12-21(30)25(32)22(31)13-20/h11-13,26,34-35H,2-10,14-18H2,1H3,(H,33,38). The van der Waals surface area contributed by atoms with Gasteiger partial charge in [0.25, 0.3) is 5.91 Å². The minimum absolute atomic E-state index is 0.00324. The number of aromatic nitrogens is 2. The minimum Gasteiger partial charge on any atom is -0.484 e. The zero-order valence-corrected chi connectivity index (χ0v) is 22.6. The van der Waals surface area contributed by atoms with Gasteiger partial charge >= 0.3 is 0 Å². The van der Waals surface area contributed by atoms with Gasteiger partial charge in [0, 0.05) is 28.7 Å². The number of carbonyl (C=O) groups excluding carboxylic acids is 1. The Hall–Kier alpha value is -2.59. The third-order valence-electron chi connectivity index (χ3n) is 9.16. The molecule has 1 spiro atoms. The fraction of sp³-hybridized carbons (Fsp3) is 0.655. The Balaban J connectivity index is 1.06. The molecule has 7 rings (SSSR count). The van der Waals surface area contributed by atoms with Gasteiger partial charge in [-0.05, 0) is 45.1 Å². The zero-order valence-electron chi connectivity index (χ0n) is 22.6. The third-order valence-corrected chi connectivity index (χ3v) is 9.16. The van der Waals surface area contributed by atoms with Gasteiger partial charge in [0.15, 0.2) is 24.1 Å². The van der Waals surface area contributed by atoms with E-state index in [4.69, 9.17) is 9.84 Å². The molecule has 3 N–H and O–H groups in total. The molecule has 39 heavy (non-hydrogen) atoms. The zero-order chi connectivity index (χ0) is 27.3. The number of hydrogen-bond acceptors (Lipinski definition) is 5. The van der Waals surface area contributed by atoms with Crippen LogP contribution in [0.25, 0.3) is 0 Å². The van der Waals surface area contributed by atoms with Crippen molar-refractivity contribution in [3.63, 3.8) is 0 Å². The van der Waals surface area contributed by atoms with E-state index in [9.17, 15) is 18.0 Å². The molecule has 1 amide bonds. The number of halogens is 3. The van der Waals surface area contributed by atoms with Crippen LogP contribution < -0.4 is 20.7 Å². The third kappa shape index (κ3) is 5.29. The first kappa shape index (κ1) is 26.6.